The van der Waals surface area contributed by atoms with Crippen LogP contribution in [0.3, 0.4) is 0 Å². The quantitative estimate of drug-likeness (QED) is 0.911. The predicted molar refractivity (Wildman–Crippen MR) is 67.2 cm³/mol. The largest absolute Gasteiger partial charge is 0.480 e. The number of hydrogen-bond acceptors (Lipinski definition) is 2. The number of nitrogens with zero attached hydrogens (tertiary/aromatic N) is 1. The van der Waals surface area contributed by atoms with Gasteiger partial charge in [-0.3, -0.25) is 4.79 Å². The number of aromatic nitrogens is 1. The first-order valence-corrected chi connectivity index (χ1v) is 5.95. The van der Waals surface area contributed by atoms with E-state index in [9.17, 15) is 18.0 Å². The molecule has 2 aromatic rings. The summed E-state index contributed by atoms with van der Waals surface area (Å²) >= 11 is 0. The second-order valence-corrected chi connectivity index (χ2v) is 4.37. The molecule has 0 radical (unpaired) electrons. The summed E-state index contributed by atoms with van der Waals surface area (Å²) in [5, 5.41) is 8.92. The number of aryl methyl sites for hydroxylation is 1. The second-order valence-electron chi connectivity index (χ2n) is 4.37. The summed E-state index contributed by atoms with van der Waals surface area (Å²) < 4.78 is 40.4. The van der Waals surface area contributed by atoms with Crippen LogP contribution in [0.4, 0.5) is 13.2 Å². The van der Waals surface area contributed by atoms with E-state index in [1.165, 1.54) is 22.8 Å². The lowest BCUT2D eigenvalue weighted by Crippen LogP contribution is -2.23. The Morgan fingerprint density at radius 3 is 2.60 bits per heavy atom. The molecule has 1 atom stereocenters. The smallest absolute Gasteiger partial charge is 0.417 e. The Labute approximate surface area is 112 Å². The van der Waals surface area contributed by atoms with Crippen LogP contribution in [0.5, 0.6) is 0 Å². The van der Waals surface area contributed by atoms with Crippen LogP contribution in [0.1, 0.15) is 24.2 Å². The number of carboxylic acids is 1. The summed E-state index contributed by atoms with van der Waals surface area (Å²) in [6.45, 7) is 2.05. The minimum Gasteiger partial charge on any atom is -0.480 e. The van der Waals surface area contributed by atoms with E-state index in [2.05, 4.69) is 0 Å². The lowest BCUT2D eigenvalue weighted by molar-refractivity contribution is -0.139. The first-order valence-electron chi connectivity index (χ1n) is 5.95. The van der Waals surface area contributed by atoms with Crippen molar-refractivity contribution in [2.45, 2.75) is 25.7 Å². The van der Waals surface area contributed by atoms with E-state index >= 15 is 0 Å². The van der Waals surface area contributed by atoms with Crippen LogP contribution in [0, 0.1) is 0 Å². The van der Waals surface area contributed by atoms with Crippen LogP contribution in [0.15, 0.2) is 24.3 Å². The van der Waals surface area contributed by atoms with Gasteiger partial charge in [-0.25, -0.2) is 0 Å². The fourth-order valence-electron chi connectivity index (χ4n) is 2.29. The van der Waals surface area contributed by atoms with E-state index in [1.54, 1.807) is 6.92 Å². The molecular weight excluding hydrogens is 273 g/mol. The average molecular weight is 286 g/mol. The minimum atomic E-state index is -4.50. The number of rotatable bonds is 3. The number of hydrogen-bond donors (Lipinski definition) is 2. The van der Waals surface area contributed by atoms with E-state index in [0.717, 1.165) is 6.07 Å². The number of carbonyl (C=O) groups is 1. The monoisotopic (exact) mass is 286 g/mol. The first-order chi connectivity index (χ1) is 9.27. The summed E-state index contributed by atoms with van der Waals surface area (Å²) in [4.78, 5) is 11.0. The van der Waals surface area contributed by atoms with Gasteiger partial charge in [0, 0.05) is 23.1 Å². The van der Waals surface area contributed by atoms with Crippen LogP contribution in [-0.4, -0.2) is 15.6 Å². The zero-order chi connectivity index (χ0) is 15.1. The molecule has 0 aliphatic rings. The molecule has 108 valence electrons. The molecule has 20 heavy (non-hydrogen) atoms. The molecule has 0 amide bonds. The zero-order valence-electron chi connectivity index (χ0n) is 10.6. The third-order valence-corrected chi connectivity index (χ3v) is 3.18. The van der Waals surface area contributed by atoms with E-state index < -0.39 is 23.8 Å². The molecule has 7 heteroatoms. The lowest BCUT2D eigenvalue weighted by Gasteiger charge is -2.11. The fourth-order valence-corrected chi connectivity index (χ4v) is 2.29. The van der Waals surface area contributed by atoms with E-state index in [1.807, 2.05) is 0 Å². The molecule has 0 fully saturated rings. The molecule has 0 aliphatic carbocycles. The number of halogens is 3. The van der Waals surface area contributed by atoms with Gasteiger partial charge in [0.15, 0.2) is 0 Å². The van der Waals surface area contributed by atoms with Crippen LogP contribution in [0.25, 0.3) is 10.9 Å². The molecule has 0 bridgehead atoms. The van der Waals surface area contributed by atoms with Gasteiger partial charge in [0.05, 0.1) is 5.56 Å². The molecule has 0 aliphatic heterocycles. The average Bonchev–Trinajstić information content (AvgIpc) is 2.74. The van der Waals surface area contributed by atoms with Crippen LogP contribution in [-0.2, 0) is 17.5 Å². The summed E-state index contributed by atoms with van der Waals surface area (Å²) in [6.07, 6.45) is -4.50. The van der Waals surface area contributed by atoms with Crippen molar-refractivity contribution in [3.05, 3.63) is 35.5 Å². The van der Waals surface area contributed by atoms with Gasteiger partial charge in [-0.05, 0) is 25.1 Å². The number of alkyl halides is 3. The molecule has 3 N–H and O–H groups in total. The number of benzene rings is 1. The number of aliphatic carboxylic acids is 1. The Hall–Kier alpha value is -2.02. The Kier molecular flexibility index (Phi) is 3.47. The minimum absolute atomic E-state index is 0.0337. The van der Waals surface area contributed by atoms with Crippen molar-refractivity contribution in [1.29, 1.82) is 0 Å². The van der Waals surface area contributed by atoms with Gasteiger partial charge >= 0.3 is 12.1 Å². The summed E-state index contributed by atoms with van der Waals surface area (Å²) in [7, 11) is 0. The molecule has 0 saturated carbocycles. The van der Waals surface area contributed by atoms with Crippen molar-refractivity contribution in [1.82, 2.24) is 4.57 Å². The molecule has 2 rings (SSSR count). The van der Waals surface area contributed by atoms with Crippen LogP contribution < -0.4 is 5.73 Å². The van der Waals surface area contributed by atoms with Crippen LogP contribution >= 0.6 is 0 Å². The maximum atomic E-state index is 13.0. The SMILES string of the molecule is CCn1c(C(N)C(=O)O)cc2c(C(F)(F)F)cccc21. The molecule has 1 heterocycles. The van der Waals surface area contributed by atoms with Crippen molar-refractivity contribution in [3.8, 4) is 0 Å². The van der Waals surface area contributed by atoms with Gasteiger partial charge in [0.1, 0.15) is 6.04 Å². The second kappa shape index (κ2) is 4.82. The maximum Gasteiger partial charge on any atom is 0.417 e. The fraction of sp³-hybridized carbons (Fsp3) is 0.308. The highest BCUT2D eigenvalue weighted by molar-refractivity contribution is 5.87. The van der Waals surface area contributed by atoms with Gasteiger partial charge < -0.3 is 15.4 Å². The number of fused-ring (bicyclic) bond motifs is 1. The molecule has 1 unspecified atom stereocenters. The highest BCUT2D eigenvalue weighted by Crippen LogP contribution is 2.36. The summed E-state index contributed by atoms with van der Waals surface area (Å²) in [5.74, 6) is -1.28. The third kappa shape index (κ3) is 2.24. The van der Waals surface area contributed by atoms with Gasteiger partial charge in [0.2, 0.25) is 0 Å². The van der Waals surface area contributed by atoms with Crippen LogP contribution in [0.2, 0.25) is 0 Å². The summed E-state index contributed by atoms with van der Waals surface area (Å²) in [6, 6.07) is 3.64. The Bertz CT molecular complexity index is 661. The van der Waals surface area contributed by atoms with Gasteiger partial charge in [-0.15, -0.1) is 0 Å². The summed E-state index contributed by atoms with van der Waals surface area (Å²) in [5.41, 5.74) is 5.23. The standard InChI is InChI=1S/C13H13F3N2O2/c1-2-18-9-5-3-4-8(13(14,15)16)7(9)6-10(18)11(17)12(19)20/h3-6,11H,2,17H2,1H3,(H,19,20). The normalized spacial score (nSPS) is 13.7. The van der Waals surface area contributed by atoms with Crippen molar-refractivity contribution in [2.75, 3.05) is 0 Å². The highest BCUT2D eigenvalue weighted by Gasteiger charge is 2.34. The van der Waals surface area contributed by atoms with E-state index in [-0.39, 0.29) is 11.1 Å². The Morgan fingerprint density at radius 1 is 1.45 bits per heavy atom. The molecule has 4 nitrogen and oxygen atoms in total. The van der Waals surface area contributed by atoms with E-state index in [4.69, 9.17) is 10.8 Å². The predicted octanol–water partition coefficient (Wildman–Crippen LogP) is 2.76. The lowest BCUT2D eigenvalue weighted by atomic mass is 10.1. The van der Waals surface area contributed by atoms with Crippen molar-refractivity contribution >= 4 is 16.9 Å². The maximum absolute atomic E-state index is 13.0. The molecular formula is C13H13F3N2O2. The topological polar surface area (TPSA) is 68.2 Å². The molecule has 0 spiro atoms. The van der Waals surface area contributed by atoms with E-state index in [0.29, 0.717) is 12.1 Å². The van der Waals surface area contributed by atoms with Gasteiger partial charge in [-0.2, -0.15) is 13.2 Å². The number of carboxylic acid groups (broad SMARTS) is 1. The molecule has 0 saturated heterocycles. The Balaban J connectivity index is 2.77. The molecule has 1 aromatic carbocycles. The van der Waals surface area contributed by atoms with Gasteiger partial charge in [-0.1, -0.05) is 6.07 Å². The number of nitrogens with two attached hydrogens (primary N) is 1. The Morgan fingerprint density at radius 2 is 2.10 bits per heavy atom. The first kappa shape index (κ1) is 14.4. The van der Waals surface area contributed by atoms with Crippen molar-refractivity contribution in [2.24, 2.45) is 5.73 Å². The van der Waals surface area contributed by atoms with Crippen molar-refractivity contribution in [3.63, 3.8) is 0 Å². The van der Waals surface area contributed by atoms with Crippen molar-refractivity contribution < 1.29 is 23.1 Å². The zero-order valence-corrected chi connectivity index (χ0v) is 10.6. The molecule has 1 aromatic heterocycles. The van der Waals surface area contributed by atoms with Gasteiger partial charge in [0.25, 0.3) is 0 Å². The highest BCUT2D eigenvalue weighted by atomic mass is 19.4. The third-order valence-electron chi connectivity index (χ3n) is 3.18.